The van der Waals surface area contributed by atoms with E-state index in [1.807, 2.05) is 0 Å². The fraction of sp³-hybridized carbons (Fsp3) is 0.533. The van der Waals surface area contributed by atoms with Gasteiger partial charge in [-0.1, -0.05) is 12.1 Å². The van der Waals surface area contributed by atoms with Crippen LogP contribution in [0.2, 0.25) is 0 Å². The van der Waals surface area contributed by atoms with Gasteiger partial charge in [0.05, 0.1) is 4.92 Å². The van der Waals surface area contributed by atoms with Crippen molar-refractivity contribution in [3.63, 3.8) is 0 Å². The quantitative estimate of drug-likeness (QED) is 0.420. The van der Waals surface area contributed by atoms with Crippen LogP contribution in [0.4, 0.5) is 11.4 Å². The number of para-hydroxylation sites is 2. The first-order valence-electron chi connectivity index (χ1n) is 7.56. The third kappa shape index (κ3) is 4.42. The highest BCUT2D eigenvalue weighted by atomic mass is 16.6. The van der Waals surface area contributed by atoms with E-state index in [-0.39, 0.29) is 17.5 Å². The summed E-state index contributed by atoms with van der Waals surface area (Å²) in [5.41, 5.74) is 0.512. The minimum Gasteiger partial charge on any atom is -0.378 e. The maximum Gasteiger partial charge on any atom is 0.292 e. The summed E-state index contributed by atoms with van der Waals surface area (Å²) in [6.45, 7) is 3.85. The summed E-state index contributed by atoms with van der Waals surface area (Å²) < 4.78 is 0. The first-order chi connectivity index (χ1) is 10.6. The van der Waals surface area contributed by atoms with Crippen molar-refractivity contribution >= 4 is 17.3 Å². The zero-order chi connectivity index (χ0) is 15.9. The Balaban J connectivity index is 1.75. The van der Waals surface area contributed by atoms with E-state index in [9.17, 15) is 14.9 Å². The summed E-state index contributed by atoms with van der Waals surface area (Å²) >= 11 is 0. The fourth-order valence-electron chi connectivity index (χ4n) is 2.68. The molecule has 0 radical (unpaired) electrons. The molecular weight excluding hydrogens is 284 g/mol. The minimum absolute atomic E-state index is 0.0426. The topological polar surface area (TPSA) is 96.3 Å². The first kappa shape index (κ1) is 16.2. The molecule has 1 aromatic carbocycles. The van der Waals surface area contributed by atoms with Gasteiger partial charge in [-0.05, 0) is 32.4 Å². The predicted molar refractivity (Wildman–Crippen MR) is 84.8 cm³/mol. The number of piperidine rings is 1. The van der Waals surface area contributed by atoms with Crippen LogP contribution in [0.25, 0.3) is 0 Å². The Labute approximate surface area is 129 Å². The lowest BCUT2D eigenvalue weighted by Crippen LogP contribution is -2.43. The molecule has 3 N–H and O–H groups in total. The van der Waals surface area contributed by atoms with Crippen molar-refractivity contribution in [2.24, 2.45) is 5.92 Å². The number of amides is 1. The van der Waals surface area contributed by atoms with Gasteiger partial charge < -0.3 is 16.0 Å². The normalized spacial score (nSPS) is 21.1. The zero-order valence-corrected chi connectivity index (χ0v) is 12.7. The molecule has 2 atom stereocenters. The summed E-state index contributed by atoms with van der Waals surface area (Å²) in [5.74, 6) is 0.125. The average molecular weight is 306 g/mol. The number of anilines is 1. The number of carbonyl (C=O) groups is 1. The summed E-state index contributed by atoms with van der Waals surface area (Å²) in [6.07, 6.45) is 1.71. The predicted octanol–water partition coefficient (Wildman–Crippen LogP) is 1.51. The third-order valence-electron chi connectivity index (χ3n) is 3.83. The number of hydrogen-bond donors (Lipinski definition) is 3. The lowest BCUT2D eigenvalue weighted by molar-refractivity contribution is -0.384. The molecule has 0 spiro atoms. The van der Waals surface area contributed by atoms with Gasteiger partial charge in [-0.2, -0.15) is 0 Å². The van der Waals surface area contributed by atoms with E-state index < -0.39 is 4.92 Å². The van der Waals surface area contributed by atoms with E-state index >= 15 is 0 Å². The molecule has 1 heterocycles. The number of benzene rings is 1. The molecule has 1 saturated heterocycles. The highest BCUT2D eigenvalue weighted by molar-refractivity contribution is 5.78. The largest absolute Gasteiger partial charge is 0.378 e. The van der Waals surface area contributed by atoms with Gasteiger partial charge in [0.2, 0.25) is 5.91 Å². The maximum atomic E-state index is 12.1. The van der Waals surface area contributed by atoms with E-state index in [0.717, 1.165) is 19.4 Å². The van der Waals surface area contributed by atoms with Crippen molar-refractivity contribution in [2.75, 3.05) is 25.0 Å². The van der Waals surface area contributed by atoms with Crippen LogP contribution in [0.3, 0.4) is 0 Å². The van der Waals surface area contributed by atoms with Gasteiger partial charge >= 0.3 is 0 Å². The molecular formula is C15H22N4O3. The van der Waals surface area contributed by atoms with Crippen molar-refractivity contribution in [1.29, 1.82) is 0 Å². The molecule has 0 unspecified atom stereocenters. The SMILES string of the molecule is C[C@H]1C[C@@H](C(=O)NCCNc2ccccc2[N+](=O)[O-])CCN1. The molecule has 1 amide bonds. The smallest absolute Gasteiger partial charge is 0.292 e. The van der Waals surface area contributed by atoms with Crippen molar-refractivity contribution in [1.82, 2.24) is 10.6 Å². The average Bonchev–Trinajstić information content (AvgIpc) is 2.51. The Morgan fingerprint density at radius 1 is 1.41 bits per heavy atom. The second kappa shape index (κ2) is 7.74. The number of nitro groups is 1. The van der Waals surface area contributed by atoms with E-state index in [0.29, 0.717) is 24.8 Å². The summed E-state index contributed by atoms with van der Waals surface area (Å²) in [5, 5.41) is 20.1. The molecule has 120 valence electrons. The minimum atomic E-state index is -0.419. The van der Waals surface area contributed by atoms with Gasteiger partial charge in [-0.3, -0.25) is 14.9 Å². The summed E-state index contributed by atoms with van der Waals surface area (Å²) in [4.78, 5) is 22.5. The highest BCUT2D eigenvalue weighted by Gasteiger charge is 2.24. The van der Waals surface area contributed by atoms with E-state index in [4.69, 9.17) is 0 Å². The van der Waals surface area contributed by atoms with Crippen LogP contribution in [0.15, 0.2) is 24.3 Å². The molecule has 1 aromatic rings. The lowest BCUT2D eigenvalue weighted by Gasteiger charge is -2.27. The van der Waals surface area contributed by atoms with Crippen molar-refractivity contribution < 1.29 is 9.72 Å². The molecule has 22 heavy (non-hydrogen) atoms. The molecule has 7 heteroatoms. The van der Waals surface area contributed by atoms with Crippen molar-refractivity contribution in [3.05, 3.63) is 34.4 Å². The Morgan fingerprint density at radius 2 is 2.18 bits per heavy atom. The van der Waals surface area contributed by atoms with Crippen LogP contribution < -0.4 is 16.0 Å². The molecule has 0 saturated carbocycles. The molecule has 1 aliphatic heterocycles. The molecule has 7 nitrogen and oxygen atoms in total. The number of rotatable bonds is 6. The van der Waals surface area contributed by atoms with Gasteiger partial charge in [0, 0.05) is 31.1 Å². The second-order valence-electron chi connectivity index (χ2n) is 5.57. The van der Waals surface area contributed by atoms with E-state index in [2.05, 4.69) is 22.9 Å². The molecule has 0 aliphatic carbocycles. The van der Waals surface area contributed by atoms with Gasteiger partial charge in [0.15, 0.2) is 0 Å². The Morgan fingerprint density at radius 3 is 2.91 bits per heavy atom. The van der Waals surface area contributed by atoms with Crippen LogP contribution in [0, 0.1) is 16.0 Å². The van der Waals surface area contributed by atoms with Gasteiger partial charge in [0.1, 0.15) is 5.69 Å². The first-order valence-corrected chi connectivity index (χ1v) is 7.56. The zero-order valence-electron chi connectivity index (χ0n) is 12.7. The van der Waals surface area contributed by atoms with Crippen molar-refractivity contribution in [2.45, 2.75) is 25.8 Å². The lowest BCUT2D eigenvalue weighted by atomic mass is 9.92. The van der Waals surface area contributed by atoms with Gasteiger partial charge in [0.25, 0.3) is 5.69 Å². The maximum absolute atomic E-state index is 12.1. The van der Waals surface area contributed by atoms with Crippen LogP contribution in [0.1, 0.15) is 19.8 Å². The Kier molecular flexibility index (Phi) is 5.71. The van der Waals surface area contributed by atoms with Gasteiger partial charge in [-0.25, -0.2) is 0 Å². The molecule has 0 bridgehead atoms. The number of nitro benzene ring substituents is 1. The van der Waals surface area contributed by atoms with Crippen LogP contribution in [-0.4, -0.2) is 36.5 Å². The Hall–Kier alpha value is -2.15. The number of hydrogen-bond acceptors (Lipinski definition) is 5. The fourth-order valence-corrected chi connectivity index (χ4v) is 2.68. The monoisotopic (exact) mass is 306 g/mol. The number of nitrogens with one attached hydrogen (secondary N) is 3. The highest BCUT2D eigenvalue weighted by Crippen LogP contribution is 2.22. The Bertz CT molecular complexity index is 535. The molecule has 2 rings (SSSR count). The molecule has 0 aromatic heterocycles. The van der Waals surface area contributed by atoms with Crippen LogP contribution in [-0.2, 0) is 4.79 Å². The number of carbonyl (C=O) groups excluding carboxylic acids is 1. The third-order valence-corrected chi connectivity index (χ3v) is 3.83. The van der Waals surface area contributed by atoms with Crippen molar-refractivity contribution in [3.8, 4) is 0 Å². The standard InChI is InChI=1S/C15H22N4O3/c1-11-10-12(6-7-16-11)15(20)18-9-8-17-13-4-2-3-5-14(13)19(21)22/h2-5,11-12,16-17H,6-10H2,1H3,(H,18,20)/t11-,12-/m0/s1. The molecule has 1 fully saturated rings. The molecule has 1 aliphatic rings. The summed E-state index contributed by atoms with van der Waals surface area (Å²) in [6, 6.07) is 6.86. The van der Waals surface area contributed by atoms with Crippen LogP contribution in [0.5, 0.6) is 0 Å². The van der Waals surface area contributed by atoms with E-state index in [1.165, 1.54) is 6.07 Å². The van der Waals surface area contributed by atoms with Crippen LogP contribution >= 0.6 is 0 Å². The van der Waals surface area contributed by atoms with Gasteiger partial charge in [-0.15, -0.1) is 0 Å². The summed E-state index contributed by atoms with van der Waals surface area (Å²) in [7, 11) is 0. The van der Waals surface area contributed by atoms with E-state index in [1.54, 1.807) is 18.2 Å². The number of nitrogens with zero attached hydrogens (tertiary/aromatic N) is 1. The second-order valence-corrected chi connectivity index (χ2v) is 5.57.